The number of nitrogens with zero attached hydrogens (tertiary/aromatic N) is 4. The van der Waals surface area contributed by atoms with E-state index in [1.54, 1.807) is 12.1 Å². The second-order valence-corrected chi connectivity index (χ2v) is 7.30. The highest BCUT2D eigenvalue weighted by atomic mass is 16.3. The maximum absolute atomic E-state index is 12.7. The van der Waals surface area contributed by atoms with Gasteiger partial charge in [-0.05, 0) is 44.6 Å². The lowest BCUT2D eigenvalue weighted by Gasteiger charge is -2.33. The second kappa shape index (κ2) is 8.36. The number of phenols is 1. The summed E-state index contributed by atoms with van der Waals surface area (Å²) >= 11 is 0. The fraction of sp³-hybridized carbons (Fsp3) is 0.500. The Morgan fingerprint density at radius 3 is 2.81 bits per heavy atom. The van der Waals surface area contributed by atoms with Gasteiger partial charge in [0.2, 0.25) is 5.91 Å². The van der Waals surface area contributed by atoms with E-state index in [1.165, 1.54) is 0 Å². The molecule has 26 heavy (non-hydrogen) atoms. The van der Waals surface area contributed by atoms with Crippen LogP contribution >= 0.6 is 0 Å². The molecule has 2 aromatic rings. The average molecular weight is 356 g/mol. The van der Waals surface area contributed by atoms with Gasteiger partial charge in [-0.3, -0.25) is 4.79 Å². The molecule has 1 fully saturated rings. The number of benzene rings is 1. The molecule has 6 nitrogen and oxygen atoms in total. The molecule has 0 spiro atoms. The lowest BCUT2D eigenvalue weighted by atomic mass is 9.96. The van der Waals surface area contributed by atoms with Crippen molar-refractivity contribution in [3.8, 4) is 5.75 Å². The highest BCUT2D eigenvalue weighted by Gasteiger charge is 2.27. The first kappa shape index (κ1) is 18.5. The molecule has 0 aliphatic carbocycles. The van der Waals surface area contributed by atoms with Gasteiger partial charge in [0.25, 0.3) is 0 Å². The minimum atomic E-state index is 0.145. The first-order chi connectivity index (χ1) is 12.5. The van der Waals surface area contributed by atoms with Gasteiger partial charge >= 0.3 is 0 Å². The maximum atomic E-state index is 12.7. The van der Waals surface area contributed by atoms with Crippen molar-refractivity contribution in [3.05, 3.63) is 48.0 Å². The summed E-state index contributed by atoms with van der Waals surface area (Å²) in [5.41, 5.74) is 0.933. The highest BCUT2D eigenvalue weighted by molar-refractivity contribution is 5.79. The number of likely N-dealkylation sites (N-methyl/N-ethyl adjacent to an activating group) is 1. The normalized spacial score (nSPS) is 17.7. The van der Waals surface area contributed by atoms with E-state index >= 15 is 0 Å². The van der Waals surface area contributed by atoms with Gasteiger partial charge in [0.15, 0.2) is 0 Å². The third-order valence-corrected chi connectivity index (χ3v) is 4.97. The van der Waals surface area contributed by atoms with Crippen molar-refractivity contribution in [3.63, 3.8) is 0 Å². The summed E-state index contributed by atoms with van der Waals surface area (Å²) in [4.78, 5) is 21.4. The third kappa shape index (κ3) is 4.64. The summed E-state index contributed by atoms with van der Waals surface area (Å²) in [5.74, 6) is 1.76. The minimum absolute atomic E-state index is 0.145. The molecule has 0 unspecified atom stereocenters. The van der Waals surface area contributed by atoms with E-state index < -0.39 is 0 Å². The van der Waals surface area contributed by atoms with Crippen LogP contribution in [0.25, 0.3) is 0 Å². The Morgan fingerprint density at radius 1 is 1.31 bits per heavy atom. The number of likely N-dealkylation sites (tertiary alicyclic amines) is 1. The number of amides is 1. The van der Waals surface area contributed by atoms with Crippen molar-refractivity contribution in [2.24, 2.45) is 0 Å². The van der Waals surface area contributed by atoms with Gasteiger partial charge in [-0.15, -0.1) is 0 Å². The fourth-order valence-corrected chi connectivity index (χ4v) is 3.49. The molecule has 1 amide bonds. The van der Waals surface area contributed by atoms with Crippen molar-refractivity contribution >= 4 is 5.91 Å². The Hall–Kier alpha value is -2.34. The van der Waals surface area contributed by atoms with Gasteiger partial charge in [0, 0.05) is 44.5 Å². The molecule has 0 radical (unpaired) electrons. The van der Waals surface area contributed by atoms with Crippen LogP contribution in [0.2, 0.25) is 0 Å². The van der Waals surface area contributed by atoms with Crippen LogP contribution in [-0.2, 0) is 17.8 Å². The summed E-state index contributed by atoms with van der Waals surface area (Å²) in [7, 11) is 4.14. The predicted octanol–water partition coefficient (Wildman–Crippen LogP) is 2.10. The van der Waals surface area contributed by atoms with E-state index in [9.17, 15) is 9.90 Å². The first-order valence-electron chi connectivity index (χ1n) is 9.24. The molecular formula is C20H28N4O2. The molecule has 1 saturated heterocycles. The number of carbonyl (C=O) groups excluding carboxylic acids is 1. The van der Waals surface area contributed by atoms with E-state index in [-0.39, 0.29) is 11.7 Å². The van der Waals surface area contributed by atoms with Gasteiger partial charge in [-0.25, -0.2) is 4.98 Å². The number of aromatic nitrogens is 2. The van der Waals surface area contributed by atoms with Crippen LogP contribution in [0.15, 0.2) is 36.7 Å². The molecule has 1 N–H and O–H groups in total. The Bertz CT molecular complexity index is 724. The first-order valence-corrected chi connectivity index (χ1v) is 9.24. The van der Waals surface area contributed by atoms with E-state index in [1.807, 2.05) is 29.4 Å². The molecular weight excluding hydrogens is 328 g/mol. The molecule has 1 aromatic heterocycles. The Morgan fingerprint density at radius 2 is 2.08 bits per heavy atom. The minimum Gasteiger partial charge on any atom is -0.508 e. The van der Waals surface area contributed by atoms with Gasteiger partial charge in [0.1, 0.15) is 11.6 Å². The van der Waals surface area contributed by atoms with Crippen molar-refractivity contribution in [2.45, 2.75) is 31.7 Å². The number of aromatic hydroxyl groups is 1. The Kier molecular flexibility index (Phi) is 5.93. The standard InChI is InChI=1S/C20H28N4O2/c1-22(2)12-13-23-11-9-21-20(23)17-4-3-10-24(15-17)19(26)14-16-5-7-18(25)8-6-16/h5-9,11,17,25H,3-4,10,12-15H2,1-2H3/t17-/m0/s1. The number of imidazole rings is 1. The zero-order valence-corrected chi connectivity index (χ0v) is 15.6. The zero-order chi connectivity index (χ0) is 18.5. The number of hydrogen-bond donors (Lipinski definition) is 1. The molecule has 0 saturated carbocycles. The summed E-state index contributed by atoms with van der Waals surface area (Å²) in [6, 6.07) is 6.87. The number of piperidine rings is 1. The molecule has 1 aliphatic heterocycles. The van der Waals surface area contributed by atoms with Crippen molar-refractivity contribution in [1.29, 1.82) is 0 Å². The molecule has 140 valence electrons. The number of carbonyl (C=O) groups is 1. The number of rotatable bonds is 6. The molecule has 3 rings (SSSR count). The number of hydrogen-bond acceptors (Lipinski definition) is 4. The summed E-state index contributed by atoms with van der Waals surface area (Å²) in [6.07, 6.45) is 6.36. The number of phenolic OH excluding ortho intramolecular Hbond substituents is 1. The topological polar surface area (TPSA) is 61.6 Å². The molecule has 1 aliphatic rings. The van der Waals surface area contributed by atoms with Crippen molar-refractivity contribution in [1.82, 2.24) is 19.4 Å². The van der Waals surface area contributed by atoms with Crippen LogP contribution in [0.4, 0.5) is 0 Å². The molecule has 1 atom stereocenters. The third-order valence-electron chi connectivity index (χ3n) is 4.97. The lowest BCUT2D eigenvalue weighted by molar-refractivity contribution is -0.131. The molecule has 0 bridgehead atoms. The fourth-order valence-electron chi connectivity index (χ4n) is 3.49. The van der Waals surface area contributed by atoms with Crippen molar-refractivity contribution < 1.29 is 9.90 Å². The van der Waals surface area contributed by atoms with Crippen LogP contribution in [0.5, 0.6) is 5.75 Å². The van der Waals surface area contributed by atoms with Crippen molar-refractivity contribution in [2.75, 3.05) is 33.7 Å². The highest BCUT2D eigenvalue weighted by Crippen LogP contribution is 2.26. The second-order valence-electron chi connectivity index (χ2n) is 7.30. The van der Waals surface area contributed by atoms with Crippen LogP contribution < -0.4 is 0 Å². The summed E-state index contributed by atoms with van der Waals surface area (Å²) < 4.78 is 2.22. The lowest BCUT2D eigenvalue weighted by Crippen LogP contribution is -2.40. The zero-order valence-electron chi connectivity index (χ0n) is 15.6. The van der Waals surface area contributed by atoms with Crippen LogP contribution in [0, 0.1) is 0 Å². The largest absolute Gasteiger partial charge is 0.508 e. The molecule has 2 heterocycles. The Labute approximate surface area is 155 Å². The van der Waals surface area contributed by atoms with Gasteiger partial charge < -0.3 is 19.5 Å². The summed E-state index contributed by atoms with van der Waals surface area (Å²) in [6.45, 7) is 3.43. The molecule has 1 aromatic carbocycles. The Balaban J connectivity index is 1.63. The van der Waals surface area contributed by atoms with Gasteiger partial charge in [0.05, 0.1) is 6.42 Å². The smallest absolute Gasteiger partial charge is 0.227 e. The van der Waals surface area contributed by atoms with Crippen LogP contribution in [-0.4, -0.2) is 64.1 Å². The maximum Gasteiger partial charge on any atom is 0.227 e. The van der Waals surface area contributed by atoms with Crippen LogP contribution in [0.3, 0.4) is 0 Å². The van der Waals surface area contributed by atoms with E-state index in [2.05, 4.69) is 28.5 Å². The quantitative estimate of drug-likeness (QED) is 0.861. The van der Waals surface area contributed by atoms with E-state index in [4.69, 9.17) is 0 Å². The SMILES string of the molecule is CN(C)CCn1ccnc1[C@H]1CCCN(C(=O)Cc2ccc(O)cc2)C1. The summed E-state index contributed by atoms with van der Waals surface area (Å²) in [5, 5.41) is 9.38. The van der Waals surface area contributed by atoms with Crippen LogP contribution in [0.1, 0.15) is 30.1 Å². The van der Waals surface area contributed by atoms with Gasteiger partial charge in [-0.2, -0.15) is 0 Å². The monoisotopic (exact) mass is 356 g/mol. The van der Waals surface area contributed by atoms with Gasteiger partial charge in [-0.1, -0.05) is 12.1 Å². The predicted molar refractivity (Wildman–Crippen MR) is 101 cm³/mol. The molecule has 6 heteroatoms. The average Bonchev–Trinajstić information content (AvgIpc) is 3.10. The van der Waals surface area contributed by atoms with E-state index in [0.717, 1.165) is 50.4 Å². The van der Waals surface area contributed by atoms with E-state index in [0.29, 0.717) is 12.3 Å².